The first-order valence-electron chi connectivity index (χ1n) is 8.72. The maximum absolute atomic E-state index is 13.2. The number of halogens is 2. The van der Waals surface area contributed by atoms with Gasteiger partial charge in [-0.2, -0.15) is 4.31 Å². The molecule has 1 aromatic heterocycles. The Kier molecular flexibility index (Phi) is 4.55. The van der Waals surface area contributed by atoms with E-state index < -0.39 is 10.0 Å². The van der Waals surface area contributed by atoms with Gasteiger partial charge in [0.25, 0.3) is 0 Å². The zero-order valence-electron chi connectivity index (χ0n) is 14.6. The summed E-state index contributed by atoms with van der Waals surface area (Å²) in [7, 11) is -3.52. The molecular weight excluding hydrogens is 391 g/mol. The average Bonchev–Trinajstić information content (AvgIpc) is 3.17. The van der Waals surface area contributed by atoms with Gasteiger partial charge in [0.05, 0.1) is 4.90 Å². The molecule has 2 aliphatic heterocycles. The Bertz CT molecular complexity index is 960. The van der Waals surface area contributed by atoms with Crippen LogP contribution in [0.15, 0.2) is 35.2 Å². The van der Waals surface area contributed by atoms with E-state index in [1.165, 1.54) is 0 Å². The molecule has 0 aliphatic carbocycles. The van der Waals surface area contributed by atoms with Crippen LogP contribution in [0.2, 0.25) is 10.3 Å². The molecule has 0 unspecified atom stereocenters. The summed E-state index contributed by atoms with van der Waals surface area (Å²) in [6.45, 7) is 3.84. The van der Waals surface area contributed by atoms with E-state index >= 15 is 0 Å². The van der Waals surface area contributed by atoms with Crippen LogP contribution in [0.3, 0.4) is 0 Å². The van der Waals surface area contributed by atoms with Crippen molar-refractivity contribution in [1.29, 1.82) is 0 Å². The lowest BCUT2D eigenvalue weighted by Gasteiger charge is -2.25. The van der Waals surface area contributed by atoms with Gasteiger partial charge >= 0.3 is 0 Å². The van der Waals surface area contributed by atoms with Gasteiger partial charge in [-0.1, -0.05) is 40.9 Å². The number of hydrogen-bond donors (Lipinski definition) is 0. The van der Waals surface area contributed by atoms with Crippen molar-refractivity contribution in [3.8, 4) is 0 Å². The van der Waals surface area contributed by atoms with E-state index in [-0.39, 0.29) is 18.0 Å². The van der Waals surface area contributed by atoms with E-state index in [2.05, 4.69) is 4.98 Å². The van der Waals surface area contributed by atoms with E-state index in [1.807, 2.05) is 32.0 Å². The van der Waals surface area contributed by atoms with E-state index in [9.17, 15) is 8.42 Å². The molecule has 4 nitrogen and oxygen atoms in total. The summed E-state index contributed by atoms with van der Waals surface area (Å²) in [6, 6.07) is 8.96. The van der Waals surface area contributed by atoms with Crippen LogP contribution in [-0.4, -0.2) is 29.8 Å². The molecule has 0 radical (unpaired) electrons. The number of pyridine rings is 1. The number of aryl methyl sites for hydroxylation is 2. The van der Waals surface area contributed by atoms with E-state index in [4.69, 9.17) is 23.2 Å². The van der Waals surface area contributed by atoms with E-state index in [0.717, 1.165) is 36.0 Å². The fourth-order valence-electron chi connectivity index (χ4n) is 4.33. The predicted octanol–water partition coefficient (Wildman–Crippen LogP) is 4.71. The molecule has 3 atom stereocenters. The highest BCUT2D eigenvalue weighted by Gasteiger charge is 2.52. The molecule has 1 aromatic carbocycles. The fraction of sp³-hybridized carbons (Fsp3) is 0.421. The molecule has 26 heavy (non-hydrogen) atoms. The Morgan fingerprint density at radius 2 is 1.77 bits per heavy atom. The number of sulfonamides is 1. The number of nitrogens with zero attached hydrogens (tertiary/aromatic N) is 2. The lowest BCUT2D eigenvalue weighted by Crippen LogP contribution is -2.36. The summed E-state index contributed by atoms with van der Waals surface area (Å²) in [5.74, 6) is 0.0601. The lowest BCUT2D eigenvalue weighted by atomic mass is 9.84. The third-order valence-electron chi connectivity index (χ3n) is 5.60. The van der Waals surface area contributed by atoms with Gasteiger partial charge in [-0.25, -0.2) is 13.4 Å². The van der Waals surface area contributed by atoms with Crippen molar-refractivity contribution in [1.82, 2.24) is 9.29 Å². The summed E-state index contributed by atoms with van der Waals surface area (Å²) in [4.78, 5) is 4.58. The molecule has 0 spiro atoms. The Morgan fingerprint density at radius 3 is 2.46 bits per heavy atom. The van der Waals surface area contributed by atoms with Crippen LogP contribution in [0.4, 0.5) is 0 Å². The van der Waals surface area contributed by atoms with Crippen LogP contribution in [-0.2, 0) is 10.0 Å². The second-order valence-electron chi connectivity index (χ2n) is 7.26. The maximum Gasteiger partial charge on any atom is 0.243 e. The van der Waals surface area contributed by atoms with E-state index in [1.54, 1.807) is 16.4 Å². The van der Waals surface area contributed by atoms with Crippen LogP contribution in [0, 0.1) is 13.8 Å². The van der Waals surface area contributed by atoms with Gasteiger partial charge in [0.2, 0.25) is 10.0 Å². The molecule has 2 saturated heterocycles. The molecule has 0 amide bonds. The van der Waals surface area contributed by atoms with Crippen LogP contribution in [0.25, 0.3) is 0 Å². The molecule has 0 N–H and O–H groups in total. The molecule has 2 bridgehead atoms. The monoisotopic (exact) mass is 410 g/mol. The normalized spacial score (nSPS) is 25.8. The van der Waals surface area contributed by atoms with Crippen molar-refractivity contribution in [3.05, 3.63) is 57.3 Å². The van der Waals surface area contributed by atoms with Crippen LogP contribution in [0.1, 0.15) is 41.9 Å². The second kappa shape index (κ2) is 6.48. The van der Waals surface area contributed by atoms with Gasteiger partial charge in [-0.05, 0) is 62.4 Å². The smallest absolute Gasteiger partial charge is 0.224 e. The van der Waals surface area contributed by atoms with Crippen molar-refractivity contribution in [3.63, 3.8) is 0 Å². The molecular formula is C19H20Cl2N2O2S. The fourth-order valence-corrected chi connectivity index (χ4v) is 6.71. The first-order valence-corrected chi connectivity index (χ1v) is 10.9. The molecule has 3 heterocycles. The molecule has 7 heteroatoms. The van der Waals surface area contributed by atoms with Crippen molar-refractivity contribution in [2.24, 2.45) is 0 Å². The molecule has 138 valence electrons. The van der Waals surface area contributed by atoms with Gasteiger partial charge in [-0.15, -0.1) is 0 Å². The lowest BCUT2D eigenvalue weighted by molar-refractivity contribution is 0.388. The topological polar surface area (TPSA) is 50.3 Å². The Balaban J connectivity index is 1.71. The average molecular weight is 411 g/mol. The van der Waals surface area contributed by atoms with Gasteiger partial charge < -0.3 is 0 Å². The van der Waals surface area contributed by atoms with Crippen molar-refractivity contribution < 1.29 is 8.42 Å². The van der Waals surface area contributed by atoms with Gasteiger partial charge in [0.15, 0.2) is 0 Å². The number of benzene rings is 1. The number of fused-ring (bicyclic) bond motifs is 2. The number of rotatable bonds is 3. The third-order valence-corrected chi connectivity index (χ3v) is 8.28. The molecule has 0 saturated carbocycles. The maximum atomic E-state index is 13.2. The Hall–Kier alpha value is -1.14. The molecule has 2 aromatic rings. The van der Waals surface area contributed by atoms with Gasteiger partial charge in [0.1, 0.15) is 10.3 Å². The zero-order chi connectivity index (χ0) is 18.6. The third kappa shape index (κ3) is 2.85. The van der Waals surface area contributed by atoms with Gasteiger partial charge in [-0.3, -0.25) is 0 Å². The molecule has 2 aliphatic rings. The van der Waals surface area contributed by atoms with Crippen molar-refractivity contribution in [2.45, 2.75) is 56.0 Å². The van der Waals surface area contributed by atoms with Crippen LogP contribution < -0.4 is 0 Å². The Morgan fingerprint density at radius 1 is 1.08 bits per heavy atom. The Labute approximate surface area is 164 Å². The first-order chi connectivity index (χ1) is 12.3. The highest BCUT2D eigenvalue weighted by atomic mass is 35.5. The summed E-state index contributed by atoms with van der Waals surface area (Å²) < 4.78 is 28.2. The summed E-state index contributed by atoms with van der Waals surface area (Å²) >= 11 is 12.4. The minimum Gasteiger partial charge on any atom is -0.224 e. The highest BCUT2D eigenvalue weighted by molar-refractivity contribution is 7.89. The summed E-state index contributed by atoms with van der Waals surface area (Å²) in [6.07, 6.45) is 2.51. The summed E-state index contributed by atoms with van der Waals surface area (Å²) in [5, 5.41) is 0.775. The molecule has 2 fully saturated rings. The quantitative estimate of drug-likeness (QED) is 0.687. The minimum atomic E-state index is -3.52. The number of aromatic nitrogens is 1. The van der Waals surface area contributed by atoms with Gasteiger partial charge in [0, 0.05) is 18.0 Å². The highest BCUT2D eigenvalue weighted by Crippen LogP contribution is 2.50. The summed E-state index contributed by atoms with van der Waals surface area (Å²) in [5.41, 5.74) is 2.81. The first kappa shape index (κ1) is 18.2. The molecule has 4 rings (SSSR count). The zero-order valence-corrected chi connectivity index (χ0v) is 16.9. The van der Waals surface area contributed by atoms with Crippen LogP contribution in [0.5, 0.6) is 0 Å². The minimum absolute atomic E-state index is 0.0170. The SMILES string of the molecule is Cc1ccc(S(=O)(=O)N2[C@H]3CC[C@@H]2[C@@H](c2cc(C)c(Cl)nc2Cl)C3)cc1. The van der Waals surface area contributed by atoms with Crippen molar-refractivity contribution in [2.75, 3.05) is 0 Å². The predicted molar refractivity (Wildman–Crippen MR) is 103 cm³/mol. The van der Waals surface area contributed by atoms with E-state index in [0.29, 0.717) is 15.2 Å². The second-order valence-corrected chi connectivity index (χ2v) is 9.82. The van der Waals surface area contributed by atoms with Crippen molar-refractivity contribution >= 4 is 33.2 Å². The number of hydrogen-bond acceptors (Lipinski definition) is 3. The standard InChI is InChI=1S/C19H20Cl2N2O2S/c1-11-3-6-14(7-4-11)26(24,25)23-13-5-8-17(23)15(10-13)16-9-12(2)18(20)22-19(16)21/h3-4,6-7,9,13,15,17H,5,8,10H2,1-2H3/t13-,15+,17+/m0/s1. The van der Waals surface area contributed by atoms with Crippen LogP contribution >= 0.6 is 23.2 Å². The largest absolute Gasteiger partial charge is 0.243 e.